The molecule has 0 aliphatic rings. The zero-order valence-electron chi connectivity index (χ0n) is 9.71. The van der Waals surface area contributed by atoms with Crippen LogP contribution in [0.25, 0.3) is 0 Å². The van der Waals surface area contributed by atoms with Crippen molar-refractivity contribution in [3.05, 3.63) is 22.2 Å². The number of benzene rings is 1. The van der Waals surface area contributed by atoms with E-state index in [1.807, 2.05) is 0 Å². The maximum atomic E-state index is 12.3. The van der Waals surface area contributed by atoms with Crippen molar-refractivity contribution < 1.29 is 27.8 Å². The number of alkyl halides is 2. The average Bonchev–Trinajstić information content (AvgIpc) is 2.27. The minimum absolute atomic E-state index is 0.0958. The van der Waals surface area contributed by atoms with E-state index in [9.17, 15) is 13.6 Å². The quantitative estimate of drug-likeness (QED) is 0.780. The Bertz CT molecular complexity index is 437. The van der Waals surface area contributed by atoms with E-state index >= 15 is 0 Å². The van der Waals surface area contributed by atoms with Crippen molar-refractivity contribution in [2.75, 3.05) is 13.7 Å². The molecule has 18 heavy (non-hydrogen) atoms. The lowest BCUT2D eigenvalue weighted by molar-refractivity contribution is -0.0505. The normalized spacial score (nSPS) is 10.3. The summed E-state index contributed by atoms with van der Waals surface area (Å²) in [6.45, 7) is -1.32. The van der Waals surface area contributed by atoms with Gasteiger partial charge in [0.25, 0.3) is 0 Å². The summed E-state index contributed by atoms with van der Waals surface area (Å²) < 4.78 is 39.0. The minimum Gasteiger partial charge on any atom is -0.496 e. The Morgan fingerprint density at radius 2 is 2.00 bits per heavy atom. The summed E-state index contributed by atoms with van der Waals surface area (Å²) >= 11 is 3.11. The number of rotatable bonds is 5. The topological polar surface area (TPSA) is 44.8 Å². The molecule has 0 saturated carbocycles. The van der Waals surface area contributed by atoms with Gasteiger partial charge in [-0.15, -0.1) is 0 Å². The SMILES string of the molecule is CCOC(=O)c1c(OC)cc(Br)cc1OC(F)F. The van der Waals surface area contributed by atoms with E-state index in [0.29, 0.717) is 4.47 Å². The van der Waals surface area contributed by atoms with Gasteiger partial charge in [0, 0.05) is 4.47 Å². The molecule has 0 spiro atoms. The summed E-state index contributed by atoms with van der Waals surface area (Å²) in [6.07, 6.45) is 0. The average molecular weight is 325 g/mol. The molecule has 0 unspecified atom stereocenters. The van der Waals surface area contributed by atoms with Gasteiger partial charge in [0.1, 0.15) is 17.1 Å². The van der Waals surface area contributed by atoms with Crippen molar-refractivity contribution >= 4 is 21.9 Å². The molecule has 4 nitrogen and oxygen atoms in total. The van der Waals surface area contributed by atoms with Gasteiger partial charge >= 0.3 is 12.6 Å². The number of hydrogen-bond donors (Lipinski definition) is 0. The zero-order valence-corrected chi connectivity index (χ0v) is 11.3. The van der Waals surface area contributed by atoms with Crippen LogP contribution in [0.1, 0.15) is 17.3 Å². The Labute approximate surface area is 111 Å². The van der Waals surface area contributed by atoms with Gasteiger partial charge < -0.3 is 14.2 Å². The maximum Gasteiger partial charge on any atom is 0.387 e. The molecule has 0 bridgehead atoms. The van der Waals surface area contributed by atoms with Crippen LogP contribution in [0.2, 0.25) is 0 Å². The first-order valence-electron chi connectivity index (χ1n) is 4.99. The van der Waals surface area contributed by atoms with E-state index in [0.717, 1.165) is 0 Å². The first-order chi connectivity index (χ1) is 8.49. The molecule has 0 atom stereocenters. The van der Waals surface area contributed by atoms with Gasteiger partial charge in [0.05, 0.1) is 13.7 Å². The molecule has 0 amide bonds. The summed E-state index contributed by atoms with van der Waals surface area (Å²) in [6, 6.07) is 2.71. The van der Waals surface area contributed by atoms with Crippen LogP contribution in [-0.4, -0.2) is 26.3 Å². The Morgan fingerprint density at radius 3 is 2.50 bits per heavy atom. The van der Waals surface area contributed by atoms with Gasteiger partial charge in [-0.25, -0.2) is 4.79 Å². The van der Waals surface area contributed by atoms with Crippen molar-refractivity contribution in [1.29, 1.82) is 0 Å². The largest absolute Gasteiger partial charge is 0.496 e. The van der Waals surface area contributed by atoms with Crippen molar-refractivity contribution in [1.82, 2.24) is 0 Å². The van der Waals surface area contributed by atoms with Crippen LogP contribution in [0, 0.1) is 0 Å². The van der Waals surface area contributed by atoms with Gasteiger partial charge in [-0.1, -0.05) is 15.9 Å². The van der Waals surface area contributed by atoms with E-state index in [1.165, 1.54) is 19.2 Å². The van der Waals surface area contributed by atoms with Crippen LogP contribution in [0.15, 0.2) is 16.6 Å². The fraction of sp³-hybridized carbons (Fsp3) is 0.364. The van der Waals surface area contributed by atoms with Gasteiger partial charge in [0.2, 0.25) is 0 Å². The van der Waals surface area contributed by atoms with E-state index in [1.54, 1.807) is 6.92 Å². The van der Waals surface area contributed by atoms with Crippen molar-refractivity contribution in [3.8, 4) is 11.5 Å². The van der Waals surface area contributed by atoms with Gasteiger partial charge in [-0.05, 0) is 19.1 Å². The highest BCUT2D eigenvalue weighted by Gasteiger charge is 2.23. The second-order valence-electron chi connectivity index (χ2n) is 3.08. The van der Waals surface area contributed by atoms with Crippen LogP contribution in [0.4, 0.5) is 8.78 Å². The van der Waals surface area contributed by atoms with Crippen LogP contribution in [0.5, 0.6) is 11.5 Å². The molecule has 7 heteroatoms. The van der Waals surface area contributed by atoms with Crippen LogP contribution >= 0.6 is 15.9 Å². The Hall–Kier alpha value is -1.37. The van der Waals surface area contributed by atoms with Crippen molar-refractivity contribution in [2.24, 2.45) is 0 Å². The second kappa shape index (κ2) is 6.53. The van der Waals surface area contributed by atoms with Crippen molar-refractivity contribution in [3.63, 3.8) is 0 Å². The molecule has 0 heterocycles. The molecular weight excluding hydrogens is 314 g/mol. The van der Waals surface area contributed by atoms with E-state index in [-0.39, 0.29) is 23.7 Å². The molecule has 0 radical (unpaired) electrons. The predicted molar refractivity (Wildman–Crippen MR) is 63.3 cm³/mol. The molecule has 1 aromatic rings. The molecule has 0 saturated heterocycles. The molecule has 0 fully saturated rings. The highest BCUT2D eigenvalue weighted by molar-refractivity contribution is 9.10. The summed E-state index contributed by atoms with van der Waals surface area (Å²) in [7, 11) is 1.32. The highest BCUT2D eigenvalue weighted by atomic mass is 79.9. The Morgan fingerprint density at radius 1 is 1.39 bits per heavy atom. The number of ether oxygens (including phenoxy) is 3. The first-order valence-corrected chi connectivity index (χ1v) is 5.78. The van der Waals surface area contributed by atoms with Gasteiger partial charge in [-0.2, -0.15) is 8.78 Å². The molecule has 0 aliphatic carbocycles. The summed E-state index contributed by atoms with van der Waals surface area (Å²) in [5.41, 5.74) is -0.164. The van der Waals surface area contributed by atoms with Crippen LogP contribution in [-0.2, 0) is 4.74 Å². The molecule has 0 aliphatic heterocycles. The van der Waals surface area contributed by atoms with Crippen molar-refractivity contribution in [2.45, 2.75) is 13.5 Å². The van der Waals surface area contributed by atoms with Crippen LogP contribution < -0.4 is 9.47 Å². The smallest absolute Gasteiger partial charge is 0.387 e. The van der Waals surface area contributed by atoms with E-state index in [2.05, 4.69) is 20.7 Å². The van der Waals surface area contributed by atoms with E-state index in [4.69, 9.17) is 9.47 Å². The molecule has 1 aromatic carbocycles. The fourth-order valence-corrected chi connectivity index (χ4v) is 1.73. The lowest BCUT2D eigenvalue weighted by Gasteiger charge is -2.14. The molecule has 1 rings (SSSR count). The molecular formula is C11H11BrF2O4. The summed E-state index contributed by atoms with van der Waals surface area (Å²) in [4.78, 5) is 11.7. The third kappa shape index (κ3) is 3.56. The lowest BCUT2D eigenvalue weighted by atomic mass is 10.2. The lowest BCUT2D eigenvalue weighted by Crippen LogP contribution is -2.12. The second-order valence-corrected chi connectivity index (χ2v) is 4.00. The highest BCUT2D eigenvalue weighted by Crippen LogP contribution is 2.34. The summed E-state index contributed by atoms with van der Waals surface area (Å²) in [5, 5.41) is 0. The van der Waals surface area contributed by atoms with Gasteiger partial charge in [0.15, 0.2) is 0 Å². The molecule has 0 N–H and O–H groups in total. The van der Waals surface area contributed by atoms with E-state index < -0.39 is 12.6 Å². The maximum absolute atomic E-state index is 12.3. The number of halogens is 3. The molecule has 100 valence electrons. The standard InChI is InChI=1S/C11H11BrF2O4/c1-3-17-10(15)9-7(16-2)4-6(12)5-8(9)18-11(13)14/h4-5,11H,3H2,1-2H3. The Kier molecular flexibility index (Phi) is 5.33. The number of carbonyl (C=O) groups excluding carboxylic acids is 1. The predicted octanol–water partition coefficient (Wildman–Crippen LogP) is 3.24. The Balaban J connectivity index is 3.27. The van der Waals surface area contributed by atoms with Crippen LogP contribution in [0.3, 0.4) is 0 Å². The zero-order chi connectivity index (χ0) is 13.7. The minimum atomic E-state index is -3.04. The number of methoxy groups -OCH3 is 1. The third-order valence-electron chi connectivity index (χ3n) is 1.95. The number of carbonyl (C=O) groups is 1. The third-order valence-corrected chi connectivity index (χ3v) is 2.40. The first kappa shape index (κ1) is 14.7. The monoisotopic (exact) mass is 324 g/mol. The number of hydrogen-bond acceptors (Lipinski definition) is 4. The van der Waals surface area contributed by atoms with Gasteiger partial charge in [-0.3, -0.25) is 0 Å². The molecule has 0 aromatic heterocycles. The fourth-order valence-electron chi connectivity index (χ4n) is 1.31. The summed E-state index contributed by atoms with van der Waals surface area (Å²) in [5.74, 6) is -0.981. The number of esters is 1.